The maximum absolute atomic E-state index is 13.1. The molecule has 0 bridgehead atoms. The number of halogens is 1. The van der Waals surface area contributed by atoms with Crippen molar-refractivity contribution >= 4 is 38.6 Å². The highest BCUT2D eigenvalue weighted by Gasteiger charge is 2.15. The van der Waals surface area contributed by atoms with E-state index in [-0.39, 0.29) is 18.0 Å². The van der Waals surface area contributed by atoms with Crippen LogP contribution in [-0.2, 0) is 6.54 Å². The molecule has 0 radical (unpaired) electrons. The molecule has 0 fully saturated rings. The number of aliphatic imine (C=N–C) groups is 1. The van der Waals surface area contributed by atoms with E-state index in [9.17, 15) is 9.90 Å². The van der Waals surface area contributed by atoms with Gasteiger partial charge in [0.05, 0.1) is 24.9 Å². The summed E-state index contributed by atoms with van der Waals surface area (Å²) in [6.07, 6.45) is 1.60. The molecule has 3 aromatic carbocycles. The fourth-order valence-electron chi connectivity index (χ4n) is 3.27. The minimum absolute atomic E-state index is 0.115. The van der Waals surface area contributed by atoms with E-state index in [0.29, 0.717) is 16.3 Å². The fourth-order valence-corrected chi connectivity index (χ4v) is 3.53. The predicted molar refractivity (Wildman–Crippen MR) is 123 cm³/mol. The summed E-state index contributed by atoms with van der Waals surface area (Å²) in [5.41, 5.74) is 1.87. The zero-order chi connectivity index (χ0) is 21.1. The van der Waals surface area contributed by atoms with Crippen molar-refractivity contribution in [2.45, 2.75) is 6.54 Å². The van der Waals surface area contributed by atoms with Gasteiger partial charge in [-0.2, -0.15) is 0 Å². The molecule has 0 amide bonds. The van der Waals surface area contributed by atoms with Gasteiger partial charge in [0.2, 0.25) is 5.88 Å². The third-order valence-corrected chi connectivity index (χ3v) is 5.39. The molecule has 1 aromatic heterocycles. The minimum atomic E-state index is -0.250. The molecule has 4 rings (SSSR count). The highest BCUT2D eigenvalue weighted by Crippen LogP contribution is 2.25. The van der Waals surface area contributed by atoms with Crippen LogP contribution in [0.5, 0.6) is 11.6 Å². The van der Waals surface area contributed by atoms with Crippen LogP contribution in [0.2, 0.25) is 0 Å². The van der Waals surface area contributed by atoms with Crippen LogP contribution >= 0.6 is 15.9 Å². The van der Waals surface area contributed by atoms with E-state index in [1.807, 2.05) is 66.7 Å². The first kappa shape index (κ1) is 19.9. The van der Waals surface area contributed by atoms with Gasteiger partial charge in [-0.05, 0) is 48.0 Å². The second kappa shape index (κ2) is 8.55. The Labute approximate surface area is 182 Å². The highest BCUT2D eigenvalue weighted by atomic mass is 79.9. The maximum Gasteiger partial charge on any atom is 0.261 e. The van der Waals surface area contributed by atoms with E-state index in [1.165, 1.54) is 4.57 Å². The van der Waals surface area contributed by atoms with Gasteiger partial charge >= 0.3 is 0 Å². The first-order chi connectivity index (χ1) is 14.6. The van der Waals surface area contributed by atoms with Gasteiger partial charge in [-0.1, -0.05) is 46.3 Å². The van der Waals surface area contributed by atoms with Gasteiger partial charge in [0, 0.05) is 21.5 Å². The number of methoxy groups -OCH3 is 1. The summed E-state index contributed by atoms with van der Waals surface area (Å²) in [5, 5.41) is 12.2. The van der Waals surface area contributed by atoms with Crippen molar-refractivity contribution in [3.63, 3.8) is 0 Å². The van der Waals surface area contributed by atoms with Gasteiger partial charge in [0.1, 0.15) is 5.75 Å². The summed E-state index contributed by atoms with van der Waals surface area (Å²) in [7, 11) is 1.60. The summed E-state index contributed by atoms with van der Waals surface area (Å²) in [5.74, 6) is 0.617. The van der Waals surface area contributed by atoms with Crippen LogP contribution in [-0.4, -0.2) is 23.0 Å². The number of rotatable bonds is 5. The summed E-state index contributed by atoms with van der Waals surface area (Å²) >= 11 is 3.41. The van der Waals surface area contributed by atoms with E-state index < -0.39 is 0 Å². The Bertz CT molecular complexity index is 1280. The first-order valence-electron chi connectivity index (χ1n) is 9.34. The molecule has 1 heterocycles. The Morgan fingerprint density at radius 2 is 1.67 bits per heavy atom. The Hall–Kier alpha value is -3.38. The Kier molecular flexibility index (Phi) is 5.68. The average Bonchev–Trinajstić information content (AvgIpc) is 2.78. The number of ether oxygens (including phenoxy) is 1. The van der Waals surface area contributed by atoms with Crippen LogP contribution < -0.4 is 10.3 Å². The number of hydrogen-bond donors (Lipinski definition) is 1. The minimum Gasteiger partial charge on any atom is -0.497 e. The van der Waals surface area contributed by atoms with Crippen LogP contribution in [0.3, 0.4) is 0 Å². The molecule has 0 aliphatic heterocycles. The van der Waals surface area contributed by atoms with Crippen molar-refractivity contribution in [3.05, 3.63) is 98.7 Å². The monoisotopic (exact) mass is 462 g/mol. The number of hydrogen-bond acceptors (Lipinski definition) is 4. The van der Waals surface area contributed by atoms with E-state index in [4.69, 9.17) is 4.74 Å². The van der Waals surface area contributed by atoms with E-state index >= 15 is 0 Å². The number of aromatic hydroxyl groups is 1. The largest absolute Gasteiger partial charge is 0.497 e. The lowest BCUT2D eigenvalue weighted by atomic mass is 10.1. The third-order valence-electron chi connectivity index (χ3n) is 4.86. The van der Waals surface area contributed by atoms with Crippen LogP contribution in [0.25, 0.3) is 10.8 Å². The first-order valence-corrected chi connectivity index (χ1v) is 10.1. The van der Waals surface area contributed by atoms with Crippen molar-refractivity contribution in [2.24, 2.45) is 4.99 Å². The van der Waals surface area contributed by atoms with Gasteiger partial charge in [-0.15, -0.1) is 0 Å². The third kappa shape index (κ3) is 4.00. The maximum atomic E-state index is 13.1. The fraction of sp³-hybridized carbons (Fsp3) is 0.0833. The zero-order valence-corrected chi connectivity index (χ0v) is 17.8. The predicted octanol–water partition coefficient (Wildman–Crippen LogP) is 5.28. The Morgan fingerprint density at radius 1 is 1.00 bits per heavy atom. The number of aromatic nitrogens is 1. The Morgan fingerprint density at radius 3 is 2.33 bits per heavy atom. The number of nitrogens with zero attached hydrogens (tertiary/aromatic N) is 2. The topological polar surface area (TPSA) is 63.8 Å². The Balaban J connectivity index is 1.82. The molecule has 0 saturated heterocycles. The molecule has 0 aliphatic rings. The van der Waals surface area contributed by atoms with Crippen molar-refractivity contribution in [3.8, 4) is 11.6 Å². The summed E-state index contributed by atoms with van der Waals surface area (Å²) < 4.78 is 7.52. The molecule has 1 N–H and O–H groups in total. The molecular formula is C24H19BrN2O3. The van der Waals surface area contributed by atoms with Gasteiger partial charge in [-0.3, -0.25) is 14.4 Å². The van der Waals surface area contributed by atoms with E-state index in [2.05, 4.69) is 20.9 Å². The smallest absolute Gasteiger partial charge is 0.261 e. The molecule has 4 aromatic rings. The zero-order valence-electron chi connectivity index (χ0n) is 16.2. The molecule has 0 spiro atoms. The normalized spacial score (nSPS) is 11.3. The molecule has 30 heavy (non-hydrogen) atoms. The number of benzene rings is 3. The van der Waals surface area contributed by atoms with Crippen molar-refractivity contribution in [2.75, 3.05) is 7.11 Å². The molecule has 150 valence electrons. The quantitative estimate of drug-likeness (QED) is 0.410. The molecule has 0 atom stereocenters. The van der Waals surface area contributed by atoms with E-state index in [0.717, 1.165) is 21.5 Å². The van der Waals surface area contributed by atoms with Crippen LogP contribution in [0.15, 0.2) is 87.1 Å². The summed E-state index contributed by atoms with van der Waals surface area (Å²) in [4.78, 5) is 17.6. The van der Waals surface area contributed by atoms with Crippen molar-refractivity contribution < 1.29 is 9.84 Å². The van der Waals surface area contributed by atoms with Crippen molar-refractivity contribution in [1.29, 1.82) is 0 Å². The molecule has 0 saturated carbocycles. The lowest BCUT2D eigenvalue weighted by molar-refractivity contribution is 0.412. The van der Waals surface area contributed by atoms with Gasteiger partial charge in [-0.25, -0.2) is 0 Å². The van der Waals surface area contributed by atoms with Gasteiger partial charge in [0.25, 0.3) is 5.56 Å². The second-order valence-corrected chi connectivity index (χ2v) is 7.67. The molecule has 6 heteroatoms. The molecule has 0 aliphatic carbocycles. The van der Waals surface area contributed by atoms with Crippen LogP contribution in [0, 0.1) is 0 Å². The SMILES string of the molecule is COc1ccc(Cn2c(O)c(C=Nc3ccc(Br)cc3)c3ccccc3c2=O)cc1. The lowest BCUT2D eigenvalue weighted by Gasteiger charge is -2.14. The van der Waals surface area contributed by atoms with Gasteiger partial charge in [0.15, 0.2) is 0 Å². The van der Waals surface area contributed by atoms with E-state index in [1.54, 1.807) is 19.4 Å². The number of pyridine rings is 1. The molecular weight excluding hydrogens is 444 g/mol. The second-order valence-electron chi connectivity index (χ2n) is 6.76. The lowest BCUT2D eigenvalue weighted by Crippen LogP contribution is -2.22. The highest BCUT2D eigenvalue weighted by molar-refractivity contribution is 9.10. The average molecular weight is 463 g/mol. The number of fused-ring (bicyclic) bond motifs is 1. The standard InChI is InChI=1S/C24H19BrN2O3/c1-30-19-12-6-16(7-13-19)15-27-23(28)21-5-3-2-4-20(21)22(24(27)29)14-26-18-10-8-17(25)9-11-18/h2-14,29H,15H2,1H3. The van der Waals surface area contributed by atoms with Gasteiger partial charge < -0.3 is 9.84 Å². The molecule has 5 nitrogen and oxygen atoms in total. The van der Waals surface area contributed by atoms with Crippen molar-refractivity contribution in [1.82, 2.24) is 4.57 Å². The summed E-state index contributed by atoms with van der Waals surface area (Å²) in [6.45, 7) is 0.235. The van der Waals surface area contributed by atoms with Crippen LogP contribution in [0.1, 0.15) is 11.1 Å². The molecule has 0 unspecified atom stereocenters. The summed E-state index contributed by atoms with van der Waals surface area (Å²) in [6, 6.07) is 22.2. The van der Waals surface area contributed by atoms with Crippen LogP contribution in [0.4, 0.5) is 5.69 Å².